The highest BCUT2D eigenvalue weighted by Gasteiger charge is 2.45. The van der Waals surface area contributed by atoms with E-state index in [1.165, 1.54) is 0 Å². The van der Waals surface area contributed by atoms with Crippen LogP contribution in [-0.2, 0) is 0 Å². The first kappa shape index (κ1) is 10.9. The molecule has 1 aromatic rings. The monoisotopic (exact) mass is 231 g/mol. The summed E-state index contributed by atoms with van der Waals surface area (Å²) in [5.41, 5.74) is 0.772. The van der Waals surface area contributed by atoms with Crippen LogP contribution in [0.5, 0.6) is 0 Å². The molecule has 3 heteroatoms. The van der Waals surface area contributed by atoms with Gasteiger partial charge >= 0.3 is 0 Å². The van der Waals surface area contributed by atoms with Gasteiger partial charge in [-0.25, -0.2) is 0 Å². The lowest BCUT2D eigenvalue weighted by atomic mass is 9.98. The quantitative estimate of drug-likeness (QED) is 0.801. The zero-order chi connectivity index (χ0) is 11.8. The Labute approximate surface area is 101 Å². The van der Waals surface area contributed by atoms with Crippen LogP contribution < -0.4 is 0 Å². The molecule has 3 unspecified atom stereocenters. The number of aliphatic hydroxyl groups is 1. The lowest BCUT2D eigenvalue weighted by Crippen LogP contribution is -2.36. The molecule has 2 saturated heterocycles. The third-order valence-corrected chi connectivity index (χ3v) is 4.07. The molecule has 1 N–H and O–H groups in total. The largest absolute Gasteiger partial charge is 0.391 e. The minimum atomic E-state index is -0.225. The number of hydrogen-bond donors (Lipinski definition) is 1. The Hall–Kier alpha value is -1.19. The average Bonchev–Trinajstić information content (AvgIpc) is 2.86. The standard InChI is InChI=1S/C14H17NO2/c16-13-8-11-6-7-12(13)15(11)9-14(17)10-4-2-1-3-5-10/h1-5,11-13,16H,6-9H2. The number of carbonyl (C=O) groups is 1. The summed E-state index contributed by atoms with van der Waals surface area (Å²) in [6, 6.07) is 10.0. The van der Waals surface area contributed by atoms with Gasteiger partial charge in [0.1, 0.15) is 0 Å². The molecule has 2 aliphatic rings. The zero-order valence-corrected chi connectivity index (χ0v) is 9.75. The maximum absolute atomic E-state index is 12.1. The van der Waals surface area contributed by atoms with Gasteiger partial charge < -0.3 is 5.11 Å². The van der Waals surface area contributed by atoms with E-state index in [0.717, 1.165) is 24.8 Å². The smallest absolute Gasteiger partial charge is 0.176 e. The Morgan fingerprint density at radius 3 is 2.65 bits per heavy atom. The minimum absolute atomic E-state index is 0.164. The molecule has 0 saturated carbocycles. The van der Waals surface area contributed by atoms with Gasteiger partial charge in [-0.2, -0.15) is 0 Å². The van der Waals surface area contributed by atoms with Crippen molar-refractivity contribution in [1.29, 1.82) is 0 Å². The van der Waals surface area contributed by atoms with Gasteiger partial charge in [0.2, 0.25) is 0 Å². The lowest BCUT2D eigenvalue weighted by molar-refractivity contribution is 0.0874. The van der Waals surface area contributed by atoms with Crippen molar-refractivity contribution in [1.82, 2.24) is 4.90 Å². The summed E-state index contributed by atoms with van der Waals surface area (Å²) in [4.78, 5) is 14.3. The Kier molecular flexibility index (Phi) is 2.73. The molecule has 0 radical (unpaired) electrons. The van der Waals surface area contributed by atoms with Crippen LogP contribution >= 0.6 is 0 Å². The van der Waals surface area contributed by atoms with Crippen LogP contribution in [0.15, 0.2) is 30.3 Å². The Morgan fingerprint density at radius 1 is 1.29 bits per heavy atom. The van der Waals surface area contributed by atoms with E-state index in [2.05, 4.69) is 4.90 Å². The summed E-state index contributed by atoms with van der Waals surface area (Å²) in [5, 5.41) is 9.82. The SMILES string of the molecule is O=C(CN1C2CCC1C(O)C2)c1ccccc1. The van der Waals surface area contributed by atoms with Crippen LogP contribution in [0, 0.1) is 0 Å². The summed E-state index contributed by atoms with van der Waals surface area (Å²) in [5.74, 6) is 0.164. The first-order valence-electron chi connectivity index (χ1n) is 6.28. The van der Waals surface area contributed by atoms with E-state index in [9.17, 15) is 9.90 Å². The Bertz CT molecular complexity index is 417. The molecule has 90 valence electrons. The molecule has 0 spiro atoms. The summed E-state index contributed by atoms with van der Waals surface area (Å²) >= 11 is 0. The maximum atomic E-state index is 12.1. The highest BCUT2D eigenvalue weighted by atomic mass is 16.3. The van der Waals surface area contributed by atoms with E-state index < -0.39 is 0 Å². The van der Waals surface area contributed by atoms with Crippen molar-refractivity contribution in [2.45, 2.75) is 37.5 Å². The van der Waals surface area contributed by atoms with Crippen molar-refractivity contribution in [3.8, 4) is 0 Å². The van der Waals surface area contributed by atoms with Crippen molar-refractivity contribution in [3.05, 3.63) is 35.9 Å². The van der Waals surface area contributed by atoms with E-state index in [0.29, 0.717) is 12.6 Å². The predicted molar refractivity (Wildman–Crippen MR) is 64.9 cm³/mol. The predicted octanol–water partition coefficient (Wildman–Crippen LogP) is 1.47. The van der Waals surface area contributed by atoms with Gasteiger partial charge in [0, 0.05) is 17.6 Å². The van der Waals surface area contributed by atoms with Crippen molar-refractivity contribution in [2.24, 2.45) is 0 Å². The topological polar surface area (TPSA) is 40.5 Å². The van der Waals surface area contributed by atoms with E-state index in [4.69, 9.17) is 0 Å². The van der Waals surface area contributed by atoms with E-state index in [-0.39, 0.29) is 17.9 Å². The number of nitrogens with zero attached hydrogens (tertiary/aromatic N) is 1. The number of rotatable bonds is 3. The third kappa shape index (κ3) is 1.90. The van der Waals surface area contributed by atoms with Crippen LogP contribution in [0.25, 0.3) is 0 Å². The second-order valence-corrected chi connectivity index (χ2v) is 5.06. The van der Waals surface area contributed by atoms with E-state index in [1.54, 1.807) is 0 Å². The molecule has 2 fully saturated rings. The first-order chi connectivity index (χ1) is 8.25. The molecular weight excluding hydrogens is 214 g/mol. The van der Waals surface area contributed by atoms with Crippen LogP contribution in [0.3, 0.4) is 0 Å². The van der Waals surface area contributed by atoms with Crippen LogP contribution in [0.1, 0.15) is 29.6 Å². The summed E-state index contributed by atoms with van der Waals surface area (Å²) in [6.45, 7) is 0.455. The molecule has 17 heavy (non-hydrogen) atoms. The summed E-state index contributed by atoms with van der Waals surface area (Å²) in [6.07, 6.45) is 2.78. The van der Waals surface area contributed by atoms with Gasteiger partial charge in [-0.1, -0.05) is 30.3 Å². The number of fused-ring (bicyclic) bond motifs is 2. The number of benzene rings is 1. The third-order valence-electron chi connectivity index (χ3n) is 4.07. The number of aliphatic hydroxyl groups excluding tert-OH is 1. The molecule has 3 atom stereocenters. The number of ketones is 1. The Morgan fingerprint density at radius 2 is 2.06 bits per heavy atom. The van der Waals surface area contributed by atoms with Crippen LogP contribution in [0.2, 0.25) is 0 Å². The fourth-order valence-electron chi connectivity index (χ4n) is 3.20. The molecule has 0 aliphatic carbocycles. The fourth-order valence-corrected chi connectivity index (χ4v) is 3.20. The van der Waals surface area contributed by atoms with Gasteiger partial charge in [-0.3, -0.25) is 9.69 Å². The van der Waals surface area contributed by atoms with Crippen molar-refractivity contribution < 1.29 is 9.90 Å². The van der Waals surface area contributed by atoms with Gasteiger partial charge in [0.15, 0.2) is 5.78 Å². The van der Waals surface area contributed by atoms with Crippen molar-refractivity contribution >= 4 is 5.78 Å². The Balaban J connectivity index is 1.71. The van der Waals surface area contributed by atoms with Gasteiger partial charge in [0.25, 0.3) is 0 Å². The second kappa shape index (κ2) is 4.24. The summed E-state index contributed by atoms with van der Waals surface area (Å²) < 4.78 is 0. The number of Topliss-reactive ketones (excluding diaryl/α,β-unsaturated/α-hetero) is 1. The van der Waals surface area contributed by atoms with Crippen molar-refractivity contribution in [2.75, 3.05) is 6.54 Å². The zero-order valence-electron chi connectivity index (χ0n) is 9.75. The molecule has 2 aliphatic heterocycles. The molecule has 0 amide bonds. The molecular formula is C14H17NO2. The molecule has 2 heterocycles. The molecule has 0 aromatic heterocycles. The summed E-state index contributed by atoms with van der Waals surface area (Å²) in [7, 11) is 0. The first-order valence-corrected chi connectivity index (χ1v) is 6.28. The fraction of sp³-hybridized carbons (Fsp3) is 0.500. The molecule has 3 rings (SSSR count). The van der Waals surface area contributed by atoms with Gasteiger partial charge in [-0.05, 0) is 19.3 Å². The number of carbonyl (C=O) groups excluding carboxylic acids is 1. The average molecular weight is 231 g/mol. The van der Waals surface area contributed by atoms with E-state index in [1.807, 2.05) is 30.3 Å². The van der Waals surface area contributed by atoms with Crippen LogP contribution in [0.4, 0.5) is 0 Å². The lowest BCUT2D eigenvalue weighted by Gasteiger charge is -2.21. The molecule has 1 aromatic carbocycles. The van der Waals surface area contributed by atoms with E-state index >= 15 is 0 Å². The molecule has 3 nitrogen and oxygen atoms in total. The highest BCUT2D eigenvalue weighted by Crippen LogP contribution is 2.37. The second-order valence-electron chi connectivity index (χ2n) is 5.06. The van der Waals surface area contributed by atoms with Gasteiger partial charge in [-0.15, -0.1) is 0 Å². The molecule has 2 bridgehead atoms. The highest BCUT2D eigenvalue weighted by molar-refractivity contribution is 5.97. The number of hydrogen-bond acceptors (Lipinski definition) is 3. The van der Waals surface area contributed by atoms with Gasteiger partial charge in [0.05, 0.1) is 12.6 Å². The van der Waals surface area contributed by atoms with Crippen molar-refractivity contribution in [3.63, 3.8) is 0 Å². The maximum Gasteiger partial charge on any atom is 0.176 e. The van der Waals surface area contributed by atoms with Crippen LogP contribution in [-0.4, -0.2) is 40.5 Å². The minimum Gasteiger partial charge on any atom is -0.391 e. The normalized spacial score (nSPS) is 31.9.